The van der Waals surface area contributed by atoms with Gasteiger partial charge in [0.2, 0.25) is 4.80 Å². The second kappa shape index (κ2) is 5.64. The van der Waals surface area contributed by atoms with Crippen LogP contribution >= 0.6 is 11.3 Å². The zero-order valence-corrected chi connectivity index (χ0v) is 14.4. The highest BCUT2D eigenvalue weighted by molar-refractivity contribution is 7.90. The molecule has 124 valence electrons. The van der Waals surface area contributed by atoms with Crippen molar-refractivity contribution >= 4 is 31.6 Å². The Hall–Kier alpha value is -2.32. The summed E-state index contributed by atoms with van der Waals surface area (Å²) in [6, 6.07) is 11.9. The lowest BCUT2D eigenvalue weighted by atomic mass is 10.3. The summed E-state index contributed by atoms with van der Waals surface area (Å²) in [4.78, 5) is 0.574. The van der Waals surface area contributed by atoms with Crippen molar-refractivity contribution in [2.45, 2.75) is 4.90 Å². The van der Waals surface area contributed by atoms with E-state index in [2.05, 4.69) is 4.40 Å². The Balaban J connectivity index is 1.90. The van der Waals surface area contributed by atoms with Crippen LogP contribution in [0.2, 0.25) is 0 Å². The Kier molecular flexibility index (Phi) is 3.58. The zero-order valence-electron chi connectivity index (χ0n) is 12.8. The van der Waals surface area contributed by atoms with Gasteiger partial charge in [0.15, 0.2) is 11.5 Å². The molecular formula is C16H14N2O4S2. The minimum absolute atomic E-state index is 0.174. The molecule has 1 aliphatic heterocycles. The molecule has 2 aromatic carbocycles. The molecule has 24 heavy (non-hydrogen) atoms. The van der Waals surface area contributed by atoms with Gasteiger partial charge in [-0.15, -0.1) is 4.40 Å². The third-order valence-electron chi connectivity index (χ3n) is 3.71. The lowest BCUT2D eigenvalue weighted by Gasteiger charge is -2.18. The molecule has 0 saturated carbocycles. The molecule has 6 nitrogen and oxygen atoms in total. The fraction of sp³-hybridized carbons (Fsp3) is 0.188. The summed E-state index contributed by atoms with van der Waals surface area (Å²) in [5.74, 6) is 1.34. The first kappa shape index (κ1) is 15.2. The summed E-state index contributed by atoms with van der Waals surface area (Å²) in [5, 5.41) is 0. The molecule has 0 spiro atoms. The quantitative estimate of drug-likeness (QED) is 0.701. The number of fused-ring (bicyclic) bond motifs is 2. The van der Waals surface area contributed by atoms with E-state index in [0.717, 1.165) is 10.2 Å². The first-order chi connectivity index (χ1) is 11.5. The van der Waals surface area contributed by atoms with E-state index in [9.17, 15) is 8.42 Å². The van der Waals surface area contributed by atoms with Gasteiger partial charge >= 0.3 is 0 Å². The van der Waals surface area contributed by atoms with Crippen LogP contribution in [0, 0.1) is 0 Å². The fourth-order valence-corrected chi connectivity index (χ4v) is 4.78. The number of nitrogens with zero attached hydrogens (tertiary/aromatic N) is 2. The molecular weight excluding hydrogens is 348 g/mol. The maximum Gasteiger partial charge on any atom is 0.285 e. The van der Waals surface area contributed by atoms with Gasteiger partial charge in [-0.05, 0) is 12.1 Å². The number of sulfonamides is 1. The average Bonchev–Trinajstić information content (AvgIpc) is 2.88. The average molecular weight is 362 g/mol. The highest BCUT2D eigenvalue weighted by Gasteiger charge is 2.17. The van der Waals surface area contributed by atoms with Crippen LogP contribution in [0.1, 0.15) is 0 Å². The Morgan fingerprint density at radius 2 is 1.75 bits per heavy atom. The van der Waals surface area contributed by atoms with Crippen molar-refractivity contribution in [1.29, 1.82) is 0 Å². The van der Waals surface area contributed by atoms with Crippen molar-refractivity contribution in [1.82, 2.24) is 4.57 Å². The van der Waals surface area contributed by atoms with Gasteiger partial charge in [0, 0.05) is 19.2 Å². The molecule has 0 amide bonds. The maximum absolute atomic E-state index is 12.5. The second-order valence-electron chi connectivity index (χ2n) is 5.29. The van der Waals surface area contributed by atoms with Crippen LogP contribution in [0.15, 0.2) is 51.8 Å². The van der Waals surface area contributed by atoms with Crippen molar-refractivity contribution in [2.24, 2.45) is 11.4 Å². The van der Waals surface area contributed by atoms with Gasteiger partial charge in [0.25, 0.3) is 10.0 Å². The highest BCUT2D eigenvalue weighted by atomic mass is 32.2. The van der Waals surface area contributed by atoms with E-state index in [0.29, 0.717) is 29.5 Å². The van der Waals surface area contributed by atoms with Gasteiger partial charge in [0.05, 0.1) is 15.1 Å². The number of rotatable bonds is 2. The smallest absolute Gasteiger partial charge is 0.285 e. The molecule has 0 atom stereocenters. The van der Waals surface area contributed by atoms with Crippen molar-refractivity contribution in [2.75, 3.05) is 13.2 Å². The monoisotopic (exact) mass is 362 g/mol. The van der Waals surface area contributed by atoms with E-state index >= 15 is 0 Å². The van der Waals surface area contributed by atoms with Crippen LogP contribution in [0.4, 0.5) is 0 Å². The van der Waals surface area contributed by atoms with E-state index in [4.69, 9.17) is 9.47 Å². The zero-order chi connectivity index (χ0) is 16.7. The first-order valence-corrected chi connectivity index (χ1v) is 9.55. The number of hydrogen-bond acceptors (Lipinski definition) is 5. The van der Waals surface area contributed by atoms with Crippen LogP contribution in [0.25, 0.3) is 10.2 Å². The molecule has 4 rings (SSSR count). The van der Waals surface area contributed by atoms with Gasteiger partial charge in [-0.3, -0.25) is 0 Å². The first-order valence-electron chi connectivity index (χ1n) is 7.30. The minimum Gasteiger partial charge on any atom is -0.486 e. The molecule has 8 heteroatoms. The standard InChI is InChI=1S/C16H14N2O4S2/c1-18-12-9-13-14(22-8-7-21-13)10-15(12)23-16(18)17-24(19,20)11-5-3-2-4-6-11/h2-6,9-10H,7-8H2,1H3/b17-16-. The summed E-state index contributed by atoms with van der Waals surface area (Å²) in [6.45, 7) is 1.02. The van der Waals surface area contributed by atoms with E-state index in [1.807, 2.05) is 12.1 Å². The lowest BCUT2D eigenvalue weighted by molar-refractivity contribution is 0.172. The predicted octanol–water partition coefficient (Wildman–Crippen LogP) is 2.30. The van der Waals surface area contributed by atoms with Crippen LogP contribution < -0.4 is 14.3 Å². The maximum atomic E-state index is 12.5. The van der Waals surface area contributed by atoms with Gasteiger partial charge < -0.3 is 14.0 Å². The van der Waals surface area contributed by atoms with Gasteiger partial charge in [-0.25, -0.2) is 0 Å². The number of aryl methyl sites for hydroxylation is 1. The van der Waals surface area contributed by atoms with Crippen molar-refractivity contribution < 1.29 is 17.9 Å². The van der Waals surface area contributed by atoms with Gasteiger partial charge in [0.1, 0.15) is 13.2 Å². The molecule has 0 N–H and O–H groups in total. The second-order valence-corrected chi connectivity index (χ2v) is 7.90. The molecule has 1 aliphatic rings. The Morgan fingerprint density at radius 1 is 1.08 bits per heavy atom. The molecule has 0 radical (unpaired) electrons. The summed E-state index contributed by atoms with van der Waals surface area (Å²) < 4.78 is 42.7. The topological polar surface area (TPSA) is 69.9 Å². The number of ether oxygens (including phenoxy) is 2. The fourth-order valence-electron chi connectivity index (χ4n) is 2.50. The van der Waals surface area contributed by atoms with E-state index < -0.39 is 10.0 Å². The Labute approximate surface area is 142 Å². The third-order valence-corrected chi connectivity index (χ3v) is 6.20. The number of thiazole rings is 1. The SMILES string of the molecule is Cn1/c(=N/S(=O)(=O)c2ccccc2)sc2cc3c(cc21)OCCO3. The third kappa shape index (κ3) is 2.57. The lowest BCUT2D eigenvalue weighted by Crippen LogP contribution is -2.15. The van der Waals surface area contributed by atoms with Crippen LogP contribution in [-0.4, -0.2) is 26.2 Å². The molecule has 3 aromatic rings. The largest absolute Gasteiger partial charge is 0.486 e. The van der Waals surface area contributed by atoms with Crippen LogP contribution in [0.5, 0.6) is 11.5 Å². The van der Waals surface area contributed by atoms with Crippen molar-refractivity contribution in [3.05, 3.63) is 47.3 Å². The molecule has 0 aliphatic carbocycles. The van der Waals surface area contributed by atoms with Crippen molar-refractivity contribution in [3.63, 3.8) is 0 Å². The number of benzene rings is 2. The van der Waals surface area contributed by atoms with E-state index in [1.165, 1.54) is 23.5 Å². The predicted molar refractivity (Wildman–Crippen MR) is 91.0 cm³/mol. The summed E-state index contributed by atoms with van der Waals surface area (Å²) >= 11 is 1.30. The highest BCUT2D eigenvalue weighted by Crippen LogP contribution is 2.35. The Bertz CT molecular complexity index is 1080. The Morgan fingerprint density at radius 3 is 2.46 bits per heavy atom. The van der Waals surface area contributed by atoms with Crippen LogP contribution in [-0.2, 0) is 17.1 Å². The summed E-state index contributed by atoms with van der Waals surface area (Å²) in [7, 11) is -1.96. The summed E-state index contributed by atoms with van der Waals surface area (Å²) in [6.07, 6.45) is 0. The van der Waals surface area contributed by atoms with Gasteiger partial charge in [-0.2, -0.15) is 8.42 Å². The molecule has 0 unspecified atom stereocenters. The van der Waals surface area contributed by atoms with Gasteiger partial charge in [-0.1, -0.05) is 29.5 Å². The number of hydrogen-bond donors (Lipinski definition) is 0. The van der Waals surface area contributed by atoms with Crippen LogP contribution in [0.3, 0.4) is 0 Å². The minimum atomic E-state index is -3.75. The van der Waals surface area contributed by atoms with E-state index in [1.54, 1.807) is 29.8 Å². The number of aromatic nitrogens is 1. The molecule has 0 fully saturated rings. The van der Waals surface area contributed by atoms with Crippen molar-refractivity contribution in [3.8, 4) is 11.5 Å². The summed E-state index contributed by atoms with van der Waals surface area (Å²) in [5.41, 5.74) is 0.853. The molecule has 2 heterocycles. The molecule has 0 bridgehead atoms. The molecule has 1 aromatic heterocycles. The molecule has 0 saturated heterocycles. The normalized spacial score (nSPS) is 15.0. The van der Waals surface area contributed by atoms with E-state index in [-0.39, 0.29) is 4.90 Å².